The zero-order chi connectivity index (χ0) is 20.4. The first-order valence-electron chi connectivity index (χ1n) is 8.45. The first-order chi connectivity index (χ1) is 13.5. The van der Waals surface area contributed by atoms with Crippen LogP contribution < -0.4 is 15.4 Å². The third-order valence-electron chi connectivity index (χ3n) is 3.58. The molecule has 0 saturated carbocycles. The Morgan fingerprint density at radius 2 is 1.75 bits per heavy atom. The number of aliphatic carboxylic acids is 1. The largest absolute Gasteiger partial charge is 0.480 e. The minimum atomic E-state index is -0.961. The number of carbonyl (C=O) groups excluding carboxylic acids is 2. The summed E-state index contributed by atoms with van der Waals surface area (Å²) in [6.45, 7) is 3.30. The average molecular weight is 383 g/mol. The lowest BCUT2D eigenvalue weighted by Crippen LogP contribution is -2.45. The number of nitrogens with one attached hydrogen (secondary N) is 2. The summed E-state index contributed by atoms with van der Waals surface area (Å²) in [5, 5.41) is 13.9. The van der Waals surface area contributed by atoms with Gasteiger partial charge in [0.25, 0.3) is 5.91 Å². The number of ether oxygens (including phenoxy) is 1. The summed E-state index contributed by atoms with van der Waals surface area (Å²) in [6, 6.07) is 14.4. The van der Waals surface area contributed by atoms with Gasteiger partial charge in [-0.15, -0.1) is 6.58 Å². The number of benzene rings is 2. The van der Waals surface area contributed by atoms with Crippen LogP contribution in [-0.2, 0) is 4.79 Å². The highest BCUT2D eigenvalue weighted by atomic mass is 16.5. The predicted octanol–water partition coefficient (Wildman–Crippen LogP) is 2.56. The molecule has 2 aromatic rings. The van der Waals surface area contributed by atoms with Crippen LogP contribution >= 0.6 is 0 Å². The number of imide groups is 1. The fourth-order valence-electron chi connectivity index (χ4n) is 2.25. The Morgan fingerprint density at radius 1 is 1.07 bits per heavy atom. The number of rotatable bonds is 9. The van der Waals surface area contributed by atoms with Crippen molar-refractivity contribution in [2.45, 2.75) is 0 Å². The maximum atomic E-state index is 12.5. The molecule has 0 heterocycles. The number of hydrogen-bond acceptors (Lipinski definition) is 5. The van der Waals surface area contributed by atoms with Crippen LogP contribution in [0.1, 0.15) is 10.4 Å². The van der Waals surface area contributed by atoms with Gasteiger partial charge in [0.05, 0.1) is 0 Å². The number of amides is 3. The Hall–Kier alpha value is -3.81. The maximum Gasteiger partial charge on any atom is 0.327 e. The Morgan fingerprint density at radius 3 is 2.36 bits per heavy atom. The molecule has 0 bridgehead atoms. The molecule has 2 aromatic carbocycles. The molecule has 0 aliphatic rings. The van der Waals surface area contributed by atoms with Gasteiger partial charge in [0.2, 0.25) is 0 Å². The van der Waals surface area contributed by atoms with E-state index in [1.807, 2.05) is 0 Å². The van der Waals surface area contributed by atoms with Crippen LogP contribution in [0.3, 0.4) is 0 Å². The molecule has 2 rings (SSSR count). The lowest BCUT2D eigenvalue weighted by molar-refractivity contribution is -0.134. The molecule has 0 atom stereocenters. The van der Waals surface area contributed by atoms with E-state index >= 15 is 0 Å². The van der Waals surface area contributed by atoms with Crippen molar-refractivity contribution in [3.05, 3.63) is 72.8 Å². The van der Waals surface area contributed by atoms with E-state index in [4.69, 9.17) is 9.84 Å². The maximum absolute atomic E-state index is 12.5. The highest BCUT2D eigenvalue weighted by Gasteiger charge is 2.21. The van der Waals surface area contributed by atoms with Crippen molar-refractivity contribution in [3.63, 3.8) is 0 Å². The average Bonchev–Trinajstić information content (AvgIpc) is 2.71. The SMILES string of the molecule is C=CCN(C(=O)NCOc1ccc(NCC(=O)O)cc1)C(=O)c1ccccc1. The summed E-state index contributed by atoms with van der Waals surface area (Å²) < 4.78 is 5.43. The normalized spacial score (nSPS) is 9.86. The Balaban J connectivity index is 1.88. The van der Waals surface area contributed by atoms with Gasteiger partial charge in [-0.25, -0.2) is 4.79 Å². The molecule has 146 valence electrons. The molecule has 0 spiro atoms. The monoisotopic (exact) mass is 383 g/mol. The number of hydrogen-bond donors (Lipinski definition) is 3. The van der Waals surface area contributed by atoms with E-state index in [1.54, 1.807) is 54.6 Å². The summed E-state index contributed by atoms with van der Waals surface area (Å²) >= 11 is 0. The van der Waals surface area contributed by atoms with Crippen LogP contribution in [0.15, 0.2) is 67.3 Å². The van der Waals surface area contributed by atoms with Crippen LogP contribution in [0.25, 0.3) is 0 Å². The van der Waals surface area contributed by atoms with Gasteiger partial charge in [0, 0.05) is 17.8 Å². The smallest absolute Gasteiger partial charge is 0.327 e. The van der Waals surface area contributed by atoms with Gasteiger partial charge >= 0.3 is 12.0 Å². The highest BCUT2D eigenvalue weighted by molar-refractivity contribution is 6.04. The molecule has 0 radical (unpaired) electrons. The molecule has 3 amide bonds. The molecule has 0 fully saturated rings. The molecule has 0 aliphatic carbocycles. The van der Waals surface area contributed by atoms with Crippen LogP contribution in [0, 0.1) is 0 Å². The lowest BCUT2D eigenvalue weighted by Gasteiger charge is -2.20. The van der Waals surface area contributed by atoms with E-state index in [9.17, 15) is 14.4 Å². The topological polar surface area (TPSA) is 108 Å². The minimum absolute atomic E-state index is 0.0590. The Bertz CT molecular complexity index is 821. The molecule has 8 nitrogen and oxygen atoms in total. The van der Waals surface area contributed by atoms with E-state index in [-0.39, 0.29) is 19.8 Å². The molecule has 3 N–H and O–H groups in total. The second kappa shape index (κ2) is 10.4. The number of carboxylic acid groups (broad SMARTS) is 1. The standard InChI is InChI=1S/C20H21N3O5/c1-2-12-23(19(26)15-6-4-3-5-7-15)20(27)22-14-28-17-10-8-16(9-11-17)21-13-18(24)25/h2-11,21H,1,12-14H2,(H,22,27)(H,24,25). The van der Waals surface area contributed by atoms with Crippen molar-refractivity contribution >= 4 is 23.6 Å². The Kier molecular flexibility index (Phi) is 7.59. The van der Waals surface area contributed by atoms with Gasteiger partial charge in [-0.2, -0.15) is 0 Å². The van der Waals surface area contributed by atoms with Gasteiger partial charge in [0.1, 0.15) is 12.3 Å². The summed E-state index contributed by atoms with van der Waals surface area (Å²) in [6.07, 6.45) is 1.46. The van der Waals surface area contributed by atoms with Crippen molar-refractivity contribution in [2.24, 2.45) is 0 Å². The van der Waals surface area contributed by atoms with Gasteiger partial charge in [-0.05, 0) is 36.4 Å². The van der Waals surface area contributed by atoms with Crippen LogP contribution in [-0.4, -0.2) is 47.7 Å². The summed E-state index contributed by atoms with van der Waals surface area (Å²) in [7, 11) is 0. The van der Waals surface area contributed by atoms with Crippen molar-refractivity contribution in [2.75, 3.05) is 25.1 Å². The number of carbonyl (C=O) groups is 3. The number of anilines is 1. The minimum Gasteiger partial charge on any atom is -0.480 e. The molecule has 0 unspecified atom stereocenters. The molecule has 8 heteroatoms. The van der Waals surface area contributed by atoms with E-state index in [0.29, 0.717) is 17.0 Å². The first kappa shape index (κ1) is 20.5. The molecular formula is C20H21N3O5. The quantitative estimate of drug-likeness (QED) is 0.454. The van der Waals surface area contributed by atoms with Crippen LogP contribution in [0.4, 0.5) is 10.5 Å². The van der Waals surface area contributed by atoms with Crippen molar-refractivity contribution in [1.82, 2.24) is 10.2 Å². The van der Waals surface area contributed by atoms with Gasteiger partial charge in [0.15, 0.2) is 6.73 Å². The van der Waals surface area contributed by atoms with Gasteiger partial charge in [-0.1, -0.05) is 24.3 Å². The number of carboxylic acids is 1. The van der Waals surface area contributed by atoms with E-state index in [2.05, 4.69) is 17.2 Å². The number of urea groups is 1. The second-order valence-electron chi connectivity index (χ2n) is 5.61. The predicted molar refractivity (Wildman–Crippen MR) is 104 cm³/mol. The highest BCUT2D eigenvalue weighted by Crippen LogP contribution is 2.15. The fourth-order valence-corrected chi connectivity index (χ4v) is 2.25. The van der Waals surface area contributed by atoms with Crippen LogP contribution in [0.2, 0.25) is 0 Å². The van der Waals surface area contributed by atoms with E-state index in [1.165, 1.54) is 6.08 Å². The van der Waals surface area contributed by atoms with E-state index in [0.717, 1.165) is 4.90 Å². The molecule has 0 saturated heterocycles. The third-order valence-corrected chi connectivity index (χ3v) is 3.58. The van der Waals surface area contributed by atoms with Gasteiger partial charge in [-0.3, -0.25) is 14.5 Å². The van der Waals surface area contributed by atoms with Crippen LogP contribution in [0.5, 0.6) is 5.75 Å². The summed E-state index contributed by atoms with van der Waals surface area (Å²) in [5.74, 6) is -0.921. The zero-order valence-electron chi connectivity index (χ0n) is 15.1. The van der Waals surface area contributed by atoms with Gasteiger partial charge < -0.3 is 20.5 Å². The summed E-state index contributed by atoms with van der Waals surface area (Å²) in [5.41, 5.74) is 1.02. The third kappa shape index (κ3) is 6.17. The molecule has 0 aromatic heterocycles. The second-order valence-corrected chi connectivity index (χ2v) is 5.61. The van der Waals surface area contributed by atoms with Crippen molar-refractivity contribution in [3.8, 4) is 5.75 Å². The molecule has 0 aliphatic heterocycles. The zero-order valence-corrected chi connectivity index (χ0v) is 15.1. The number of nitrogens with zero attached hydrogens (tertiary/aromatic N) is 1. The van der Waals surface area contributed by atoms with Crippen molar-refractivity contribution < 1.29 is 24.2 Å². The van der Waals surface area contributed by atoms with Crippen molar-refractivity contribution in [1.29, 1.82) is 0 Å². The first-order valence-corrected chi connectivity index (χ1v) is 8.45. The Labute approximate surface area is 162 Å². The fraction of sp³-hybridized carbons (Fsp3) is 0.150. The summed E-state index contributed by atoms with van der Waals surface area (Å²) in [4.78, 5) is 36.4. The molecule has 28 heavy (non-hydrogen) atoms. The lowest BCUT2D eigenvalue weighted by atomic mass is 10.2. The van der Waals surface area contributed by atoms with E-state index < -0.39 is 17.9 Å². The molecular weight excluding hydrogens is 362 g/mol.